The van der Waals surface area contributed by atoms with E-state index in [2.05, 4.69) is 54.7 Å². The van der Waals surface area contributed by atoms with Crippen molar-refractivity contribution < 1.29 is 0 Å². The molecule has 0 heterocycles. The first-order valence-electron chi connectivity index (χ1n) is 18.6. The molecule has 40 heavy (non-hydrogen) atoms. The molecule has 1 saturated carbocycles. The van der Waals surface area contributed by atoms with Crippen molar-refractivity contribution in [3.63, 3.8) is 0 Å². The van der Waals surface area contributed by atoms with E-state index < -0.39 is 0 Å². The van der Waals surface area contributed by atoms with E-state index in [1.165, 1.54) is 165 Å². The molecule has 0 aliphatic heterocycles. The molecule has 1 rings (SSSR count). The van der Waals surface area contributed by atoms with Crippen LogP contribution >= 0.6 is 0 Å². The van der Waals surface area contributed by atoms with Crippen molar-refractivity contribution in [2.45, 2.75) is 196 Å². The second-order valence-corrected chi connectivity index (χ2v) is 14.9. The molecule has 0 aromatic rings. The van der Waals surface area contributed by atoms with Gasteiger partial charge in [-0.15, -0.1) is 0 Å². The SMILES string of the molecule is C=C1CCCCCCC(C)C(C)CCCCCCC(C)C(=C)CCCCCCC(C)C(C)CCCCCCC1C. The van der Waals surface area contributed by atoms with Crippen molar-refractivity contribution in [1.29, 1.82) is 0 Å². The van der Waals surface area contributed by atoms with Gasteiger partial charge in [0.15, 0.2) is 0 Å². The van der Waals surface area contributed by atoms with Crippen LogP contribution < -0.4 is 0 Å². The average Bonchev–Trinajstić information content (AvgIpc) is 2.94. The van der Waals surface area contributed by atoms with Crippen LogP contribution in [-0.2, 0) is 0 Å². The first-order chi connectivity index (χ1) is 19.2. The normalized spacial score (nSPS) is 33.0. The van der Waals surface area contributed by atoms with Gasteiger partial charge in [0.05, 0.1) is 0 Å². The molecule has 0 saturated heterocycles. The van der Waals surface area contributed by atoms with Crippen LogP contribution in [0.15, 0.2) is 24.3 Å². The number of hydrogen-bond acceptors (Lipinski definition) is 0. The summed E-state index contributed by atoms with van der Waals surface area (Å²) in [5, 5.41) is 0. The van der Waals surface area contributed by atoms with Gasteiger partial charge in [0.2, 0.25) is 0 Å². The maximum Gasteiger partial charge on any atom is -0.0234 e. The Balaban J connectivity index is 2.42. The minimum absolute atomic E-state index is 0.718. The third kappa shape index (κ3) is 18.8. The van der Waals surface area contributed by atoms with Crippen molar-refractivity contribution in [1.82, 2.24) is 0 Å². The van der Waals surface area contributed by atoms with E-state index in [-0.39, 0.29) is 0 Å². The van der Waals surface area contributed by atoms with Gasteiger partial charge in [0, 0.05) is 0 Å². The minimum atomic E-state index is 0.718. The third-order valence-corrected chi connectivity index (χ3v) is 11.2. The highest BCUT2D eigenvalue weighted by Crippen LogP contribution is 2.28. The van der Waals surface area contributed by atoms with E-state index in [0.29, 0.717) is 0 Å². The van der Waals surface area contributed by atoms with Crippen LogP contribution in [0.2, 0.25) is 0 Å². The van der Waals surface area contributed by atoms with Crippen LogP contribution in [0.3, 0.4) is 0 Å². The fourth-order valence-electron chi connectivity index (χ4n) is 6.92. The lowest BCUT2D eigenvalue weighted by atomic mass is 9.86. The van der Waals surface area contributed by atoms with E-state index in [1.807, 2.05) is 0 Å². The Morgan fingerprint density at radius 1 is 0.325 bits per heavy atom. The topological polar surface area (TPSA) is 0 Å². The molecule has 1 fully saturated rings. The molecule has 0 radical (unpaired) electrons. The summed E-state index contributed by atoms with van der Waals surface area (Å²) in [7, 11) is 0. The minimum Gasteiger partial charge on any atom is -0.0996 e. The van der Waals surface area contributed by atoms with Gasteiger partial charge in [-0.3, -0.25) is 0 Å². The predicted molar refractivity (Wildman–Crippen MR) is 184 cm³/mol. The zero-order valence-electron chi connectivity index (χ0n) is 28.8. The number of rotatable bonds is 0. The van der Waals surface area contributed by atoms with Crippen molar-refractivity contribution in [2.24, 2.45) is 35.5 Å². The van der Waals surface area contributed by atoms with Gasteiger partial charge in [-0.2, -0.15) is 0 Å². The van der Waals surface area contributed by atoms with Gasteiger partial charge in [-0.25, -0.2) is 0 Å². The van der Waals surface area contributed by atoms with Gasteiger partial charge in [-0.05, 0) is 74.0 Å². The van der Waals surface area contributed by atoms with Gasteiger partial charge in [-0.1, -0.05) is 181 Å². The van der Waals surface area contributed by atoms with Gasteiger partial charge < -0.3 is 0 Å². The molecule has 0 heteroatoms. The predicted octanol–water partition coefficient (Wildman–Crippen LogP) is 14.3. The molecule has 0 nitrogen and oxygen atoms in total. The molecular formula is C40H76. The number of hydrogen-bond donors (Lipinski definition) is 0. The Hall–Kier alpha value is -0.520. The van der Waals surface area contributed by atoms with Crippen LogP contribution in [0.25, 0.3) is 0 Å². The smallest absolute Gasteiger partial charge is 0.0234 e. The molecule has 1 aliphatic rings. The Morgan fingerprint density at radius 3 is 0.825 bits per heavy atom. The molecule has 1 aliphatic carbocycles. The zero-order valence-corrected chi connectivity index (χ0v) is 28.8. The highest BCUT2D eigenvalue weighted by Gasteiger charge is 2.14. The average molecular weight is 557 g/mol. The lowest BCUT2D eigenvalue weighted by molar-refractivity contribution is 0.321. The molecular weight excluding hydrogens is 480 g/mol. The Morgan fingerprint density at radius 2 is 0.550 bits per heavy atom. The molecule has 0 amide bonds. The summed E-state index contributed by atoms with van der Waals surface area (Å²) in [4.78, 5) is 0. The van der Waals surface area contributed by atoms with E-state index >= 15 is 0 Å². The largest absolute Gasteiger partial charge is 0.0996 e. The van der Waals surface area contributed by atoms with Crippen LogP contribution in [0.4, 0.5) is 0 Å². The molecule has 6 unspecified atom stereocenters. The van der Waals surface area contributed by atoms with Crippen molar-refractivity contribution in [3.05, 3.63) is 24.3 Å². The molecule has 236 valence electrons. The number of allylic oxidation sites excluding steroid dienone is 2. The maximum absolute atomic E-state index is 4.48. The van der Waals surface area contributed by atoms with Crippen molar-refractivity contribution >= 4 is 0 Å². The fraction of sp³-hybridized carbons (Fsp3) is 0.900. The van der Waals surface area contributed by atoms with Crippen LogP contribution in [-0.4, -0.2) is 0 Å². The second-order valence-electron chi connectivity index (χ2n) is 14.9. The molecule has 0 spiro atoms. The van der Waals surface area contributed by atoms with E-state index in [4.69, 9.17) is 0 Å². The first-order valence-corrected chi connectivity index (χ1v) is 18.6. The van der Waals surface area contributed by atoms with Crippen molar-refractivity contribution in [2.75, 3.05) is 0 Å². The first kappa shape index (κ1) is 37.5. The van der Waals surface area contributed by atoms with Gasteiger partial charge in [0.25, 0.3) is 0 Å². The quantitative estimate of drug-likeness (QED) is 0.260. The summed E-state index contributed by atoms with van der Waals surface area (Å²) in [5.74, 6) is 4.99. The molecule has 0 bridgehead atoms. The monoisotopic (exact) mass is 557 g/mol. The Kier molecular flexibility index (Phi) is 22.5. The van der Waals surface area contributed by atoms with Crippen molar-refractivity contribution in [3.8, 4) is 0 Å². The Bertz CT molecular complexity index is 560. The fourth-order valence-corrected chi connectivity index (χ4v) is 6.92. The van der Waals surface area contributed by atoms with Crippen LogP contribution in [0.1, 0.15) is 196 Å². The second kappa shape index (κ2) is 24.0. The summed E-state index contributed by atoms with van der Waals surface area (Å²) >= 11 is 0. The molecule has 0 aromatic heterocycles. The van der Waals surface area contributed by atoms with E-state index in [9.17, 15) is 0 Å². The van der Waals surface area contributed by atoms with E-state index in [0.717, 1.165) is 35.5 Å². The Labute approximate surface area is 255 Å². The standard InChI is InChI=1S/C40H76/c1-33-25-17-9-10-19-27-35(3)37(5)29-21-13-14-23-31-39(7)40(8)32-24-16-15-22-30-38(6)36(4)28-20-12-11-18-26-34(33)2/h34-39H,1,8-32H2,2-7H3. The summed E-state index contributed by atoms with van der Waals surface area (Å²) in [6.07, 6.45) is 33.5. The zero-order chi connectivity index (χ0) is 29.6. The summed E-state index contributed by atoms with van der Waals surface area (Å²) in [6.45, 7) is 23.8. The van der Waals surface area contributed by atoms with Crippen LogP contribution in [0, 0.1) is 35.5 Å². The molecule has 0 aromatic carbocycles. The molecule has 0 N–H and O–H groups in total. The third-order valence-electron chi connectivity index (χ3n) is 11.2. The highest BCUT2D eigenvalue weighted by molar-refractivity contribution is 4.99. The van der Waals surface area contributed by atoms with E-state index in [1.54, 1.807) is 0 Å². The van der Waals surface area contributed by atoms with Crippen LogP contribution in [0.5, 0.6) is 0 Å². The maximum atomic E-state index is 4.48. The molecule has 6 atom stereocenters. The highest BCUT2D eigenvalue weighted by atomic mass is 14.2. The summed E-state index contributed by atoms with van der Waals surface area (Å²) in [5.41, 5.74) is 3.05. The summed E-state index contributed by atoms with van der Waals surface area (Å²) < 4.78 is 0. The van der Waals surface area contributed by atoms with Gasteiger partial charge in [0.1, 0.15) is 0 Å². The summed E-state index contributed by atoms with van der Waals surface area (Å²) in [6, 6.07) is 0. The van der Waals surface area contributed by atoms with Gasteiger partial charge >= 0.3 is 0 Å². The lowest BCUT2D eigenvalue weighted by Crippen LogP contribution is -2.08. The lowest BCUT2D eigenvalue weighted by Gasteiger charge is -2.20.